The lowest BCUT2D eigenvalue weighted by atomic mass is 10.1. The number of fused-ring (bicyclic) bond motifs is 1. The van der Waals surface area contributed by atoms with Crippen LogP contribution in [0.25, 0.3) is 11.0 Å². The smallest absolute Gasteiger partial charge is 0.191 e. The van der Waals surface area contributed by atoms with Crippen molar-refractivity contribution in [3.63, 3.8) is 0 Å². The summed E-state index contributed by atoms with van der Waals surface area (Å²) >= 11 is 0. The molecule has 144 valence electrons. The molecule has 0 unspecified atom stereocenters. The van der Waals surface area contributed by atoms with Gasteiger partial charge in [-0.25, -0.2) is 9.97 Å². The van der Waals surface area contributed by atoms with E-state index in [9.17, 15) is 10.2 Å². The molecule has 1 saturated carbocycles. The summed E-state index contributed by atoms with van der Waals surface area (Å²) in [4.78, 5) is 8.61. The number of hydrogen-bond acceptors (Lipinski definition) is 5. The second-order valence-corrected chi connectivity index (χ2v) is 13.8. The summed E-state index contributed by atoms with van der Waals surface area (Å²) in [7, 11) is -1.88. The van der Waals surface area contributed by atoms with Crippen molar-refractivity contribution in [1.82, 2.24) is 14.5 Å². The lowest BCUT2D eigenvalue weighted by molar-refractivity contribution is -0.00251. The van der Waals surface area contributed by atoms with Crippen molar-refractivity contribution in [1.29, 1.82) is 0 Å². The molecule has 0 aromatic carbocycles. The minimum atomic E-state index is -1.88. The van der Waals surface area contributed by atoms with Gasteiger partial charge in [-0.1, -0.05) is 20.8 Å². The van der Waals surface area contributed by atoms with Crippen LogP contribution in [0.4, 0.5) is 0 Å². The number of nitrogens with zero attached hydrogens (tertiary/aromatic N) is 3. The fourth-order valence-electron chi connectivity index (χ4n) is 3.44. The van der Waals surface area contributed by atoms with E-state index >= 15 is 0 Å². The van der Waals surface area contributed by atoms with Crippen LogP contribution in [0.5, 0.6) is 0 Å². The molecular formula is C19H31N3O3Si. The molecule has 0 amide bonds. The summed E-state index contributed by atoms with van der Waals surface area (Å²) in [5.41, 5.74) is 1.72. The molecule has 2 heterocycles. The highest BCUT2D eigenvalue weighted by molar-refractivity contribution is 6.74. The van der Waals surface area contributed by atoms with Crippen LogP contribution >= 0.6 is 0 Å². The van der Waals surface area contributed by atoms with Crippen LogP contribution in [0, 0.1) is 12.8 Å². The van der Waals surface area contributed by atoms with E-state index in [1.165, 1.54) is 0 Å². The van der Waals surface area contributed by atoms with Crippen molar-refractivity contribution in [3.05, 3.63) is 24.3 Å². The third kappa shape index (κ3) is 3.33. The molecule has 7 heteroatoms. The van der Waals surface area contributed by atoms with Crippen molar-refractivity contribution in [2.75, 3.05) is 6.61 Å². The van der Waals surface area contributed by atoms with Crippen LogP contribution in [0.1, 0.15) is 38.9 Å². The van der Waals surface area contributed by atoms with E-state index in [-0.39, 0.29) is 17.0 Å². The first kappa shape index (κ1) is 19.5. The summed E-state index contributed by atoms with van der Waals surface area (Å²) in [6, 6.07) is 1.77. The molecule has 1 fully saturated rings. The fraction of sp³-hybridized carbons (Fsp3) is 0.684. The predicted molar refractivity (Wildman–Crippen MR) is 105 cm³/mol. The van der Waals surface area contributed by atoms with Crippen molar-refractivity contribution >= 4 is 19.4 Å². The number of rotatable bonds is 4. The van der Waals surface area contributed by atoms with Crippen LogP contribution in [-0.4, -0.2) is 51.9 Å². The summed E-state index contributed by atoms with van der Waals surface area (Å²) < 4.78 is 8.28. The van der Waals surface area contributed by atoms with E-state index < -0.39 is 20.5 Å². The zero-order chi connectivity index (χ0) is 19.3. The van der Waals surface area contributed by atoms with Gasteiger partial charge in [-0.2, -0.15) is 0 Å². The molecule has 0 saturated heterocycles. The van der Waals surface area contributed by atoms with Gasteiger partial charge < -0.3 is 19.2 Å². The van der Waals surface area contributed by atoms with Gasteiger partial charge in [0.05, 0.1) is 17.8 Å². The summed E-state index contributed by atoms with van der Waals surface area (Å²) in [6.07, 6.45) is 2.54. The van der Waals surface area contributed by atoms with Crippen LogP contribution in [-0.2, 0) is 4.43 Å². The van der Waals surface area contributed by atoms with Crippen molar-refractivity contribution in [2.24, 2.45) is 5.92 Å². The number of aryl methyl sites for hydroxylation is 1. The maximum atomic E-state index is 10.7. The second-order valence-electron chi connectivity index (χ2n) is 9.03. The molecule has 3 rings (SSSR count). The number of aliphatic hydroxyl groups excluding tert-OH is 2. The Morgan fingerprint density at radius 2 is 1.92 bits per heavy atom. The molecule has 2 aromatic heterocycles. The van der Waals surface area contributed by atoms with E-state index in [1.54, 1.807) is 6.33 Å². The van der Waals surface area contributed by atoms with E-state index in [1.807, 2.05) is 23.8 Å². The zero-order valence-electron chi connectivity index (χ0n) is 16.6. The standard InChI is InChI=1S/C19H31N3O3Si/c1-12-14-7-8-22(18(14)21-11-20-12)15-9-13(16(23)17(15)24)10-25-26(5,6)19(2,3)4/h7-8,11,13,15-17,23-24H,9-10H2,1-6H3/t13-,15+,16+,17-/m0/s1. The molecule has 1 aliphatic carbocycles. The third-order valence-corrected chi connectivity index (χ3v) is 10.8. The van der Waals surface area contributed by atoms with E-state index in [0.717, 1.165) is 16.7 Å². The Bertz CT molecular complexity index is 784. The van der Waals surface area contributed by atoms with Crippen LogP contribution in [0.2, 0.25) is 18.1 Å². The van der Waals surface area contributed by atoms with Gasteiger partial charge in [0, 0.05) is 24.1 Å². The maximum Gasteiger partial charge on any atom is 0.191 e. The van der Waals surface area contributed by atoms with Crippen molar-refractivity contribution in [3.8, 4) is 0 Å². The van der Waals surface area contributed by atoms with E-state index in [0.29, 0.717) is 13.0 Å². The molecule has 4 atom stereocenters. The highest BCUT2D eigenvalue weighted by atomic mass is 28.4. The van der Waals surface area contributed by atoms with Crippen molar-refractivity contribution in [2.45, 2.75) is 70.5 Å². The Balaban J connectivity index is 1.78. The van der Waals surface area contributed by atoms with Gasteiger partial charge in [0.25, 0.3) is 0 Å². The molecule has 2 N–H and O–H groups in total. The molecular weight excluding hydrogens is 346 g/mol. The average Bonchev–Trinajstić information content (AvgIpc) is 3.08. The van der Waals surface area contributed by atoms with Gasteiger partial charge in [0.2, 0.25) is 0 Å². The minimum absolute atomic E-state index is 0.0792. The lowest BCUT2D eigenvalue weighted by Gasteiger charge is -2.37. The first-order valence-electron chi connectivity index (χ1n) is 9.31. The molecule has 0 radical (unpaired) electrons. The van der Waals surface area contributed by atoms with E-state index in [4.69, 9.17) is 4.43 Å². The molecule has 2 aromatic rings. The van der Waals surface area contributed by atoms with Crippen molar-refractivity contribution < 1.29 is 14.6 Å². The zero-order valence-corrected chi connectivity index (χ0v) is 17.6. The van der Waals surface area contributed by atoms with Gasteiger partial charge in [-0.15, -0.1) is 0 Å². The topological polar surface area (TPSA) is 80.4 Å². The highest BCUT2D eigenvalue weighted by Gasteiger charge is 2.45. The lowest BCUT2D eigenvalue weighted by Crippen LogP contribution is -2.43. The number of hydrogen-bond donors (Lipinski definition) is 2. The number of aromatic nitrogens is 3. The predicted octanol–water partition coefficient (Wildman–Crippen LogP) is 3.04. The Kier molecular flexibility index (Phi) is 5.02. The van der Waals surface area contributed by atoms with Gasteiger partial charge in [-0.3, -0.25) is 0 Å². The molecule has 0 aliphatic heterocycles. The average molecular weight is 378 g/mol. The first-order chi connectivity index (χ1) is 12.0. The summed E-state index contributed by atoms with van der Waals surface area (Å²) in [5.74, 6) is -0.0792. The highest BCUT2D eigenvalue weighted by Crippen LogP contribution is 2.40. The van der Waals surface area contributed by atoms with Crippen LogP contribution in [0.3, 0.4) is 0 Å². The minimum Gasteiger partial charge on any atom is -0.416 e. The molecule has 0 bridgehead atoms. The van der Waals surface area contributed by atoms with Crippen LogP contribution < -0.4 is 0 Å². The third-order valence-electron chi connectivity index (χ3n) is 6.30. The Morgan fingerprint density at radius 1 is 1.23 bits per heavy atom. The van der Waals surface area contributed by atoms with Gasteiger partial charge >= 0.3 is 0 Å². The Morgan fingerprint density at radius 3 is 2.58 bits per heavy atom. The van der Waals surface area contributed by atoms with E-state index in [2.05, 4.69) is 43.8 Å². The first-order valence-corrected chi connectivity index (χ1v) is 12.2. The van der Waals surface area contributed by atoms with Gasteiger partial charge in [0.15, 0.2) is 8.32 Å². The van der Waals surface area contributed by atoms with Gasteiger partial charge in [0.1, 0.15) is 18.1 Å². The SMILES string of the molecule is Cc1ncnc2c1ccn2[C@@H]1C[C@@H](CO[Si](C)(C)C(C)(C)C)[C@@H](O)[C@H]1O. The summed E-state index contributed by atoms with van der Waals surface area (Å²) in [6.45, 7) is 13.5. The largest absolute Gasteiger partial charge is 0.416 e. The molecule has 26 heavy (non-hydrogen) atoms. The fourth-order valence-corrected chi connectivity index (χ4v) is 4.50. The monoisotopic (exact) mass is 377 g/mol. The quantitative estimate of drug-likeness (QED) is 0.801. The van der Waals surface area contributed by atoms with Crippen LogP contribution in [0.15, 0.2) is 18.6 Å². The Labute approximate surface area is 156 Å². The maximum absolute atomic E-state index is 10.7. The number of aliphatic hydroxyl groups is 2. The summed E-state index contributed by atoms with van der Waals surface area (Å²) in [5, 5.41) is 22.4. The molecule has 6 nitrogen and oxygen atoms in total. The Hall–Kier alpha value is -1.28. The molecule has 0 spiro atoms. The molecule has 1 aliphatic rings. The second kappa shape index (κ2) is 6.71. The normalized spacial score (nSPS) is 27.4. The van der Waals surface area contributed by atoms with Gasteiger partial charge in [-0.05, 0) is 37.5 Å².